The molecule has 0 bridgehead atoms. The summed E-state index contributed by atoms with van der Waals surface area (Å²) in [6.45, 7) is 4.50. The van der Waals surface area contributed by atoms with Crippen LogP contribution in [0.15, 0.2) is 36.5 Å². The zero-order valence-corrected chi connectivity index (χ0v) is 13.3. The number of nitrogens with one attached hydrogen (secondary N) is 1. The normalized spacial score (nSPS) is 12.8. The van der Waals surface area contributed by atoms with Crippen LogP contribution in [0.3, 0.4) is 0 Å². The van der Waals surface area contributed by atoms with Crippen molar-refractivity contribution < 1.29 is 0 Å². The van der Waals surface area contributed by atoms with Crippen molar-refractivity contribution in [2.75, 3.05) is 7.05 Å². The van der Waals surface area contributed by atoms with Gasteiger partial charge in [-0.05, 0) is 37.9 Å². The van der Waals surface area contributed by atoms with Gasteiger partial charge in [-0.1, -0.05) is 50.1 Å². The van der Waals surface area contributed by atoms with Gasteiger partial charge >= 0.3 is 0 Å². The van der Waals surface area contributed by atoms with Gasteiger partial charge in [-0.25, -0.2) is 4.68 Å². The molecule has 114 valence electrons. The van der Waals surface area contributed by atoms with Crippen molar-refractivity contribution in [3.8, 4) is 5.69 Å². The summed E-state index contributed by atoms with van der Waals surface area (Å²) in [6.07, 6.45) is 6.75. The van der Waals surface area contributed by atoms with Crippen LogP contribution in [-0.4, -0.2) is 22.0 Å². The topological polar surface area (TPSA) is 42.7 Å². The molecule has 0 saturated heterocycles. The molecule has 2 aromatic rings. The molecule has 0 fully saturated rings. The number of rotatable bonds is 8. The highest BCUT2D eigenvalue weighted by molar-refractivity contribution is 5.32. The summed E-state index contributed by atoms with van der Waals surface area (Å²) in [5, 5.41) is 11.9. The second-order valence-electron chi connectivity index (χ2n) is 5.51. The second-order valence-corrected chi connectivity index (χ2v) is 5.51. The highest BCUT2D eigenvalue weighted by Gasteiger charge is 2.24. The monoisotopic (exact) mass is 286 g/mol. The van der Waals surface area contributed by atoms with Crippen LogP contribution >= 0.6 is 0 Å². The molecule has 1 atom stereocenters. The number of aromatic nitrogens is 3. The van der Waals surface area contributed by atoms with Crippen LogP contribution in [0.2, 0.25) is 0 Å². The first kappa shape index (κ1) is 15.7. The molecule has 0 saturated carbocycles. The van der Waals surface area contributed by atoms with Crippen LogP contribution in [0.1, 0.15) is 51.3 Å². The number of para-hydroxylation sites is 1. The first-order chi connectivity index (χ1) is 10.3. The van der Waals surface area contributed by atoms with Crippen LogP contribution in [0.4, 0.5) is 0 Å². The van der Waals surface area contributed by atoms with Crippen LogP contribution in [0, 0.1) is 5.92 Å². The molecule has 0 spiro atoms. The van der Waals surface area contributed by atoms with E-state index in [1.807, 2.05) is 36.1 Å². The molecule has 1 N–H and O–H groups in total. The fraction of sp³-hybridized carbons (Fsp3) is 0.529. The summed E-state index contributed by atoms with van der Waals surface area (Å²) < 4.78 is 1.96. The molecule has 1 aromatic carbocycles. The number of nitrogens with zero attached hydrogens (tertiary/aromatic N) is 3. The van der Waals surface area contributed by atoms with Crippen LogP contribution in [-0.2, 0) is 0 Å². The van der Waals surface area contributed by atoms with E-state index < -0.39 is 0 Å². The SMILES string of the molecule is CCCC(CCC)C(NC)c1cnnn1-c1ccccc1. The van der Waals surface area contributed by atoms with Crippen LogP contribution in [0.5, 0.6) is 0 Å². The average molecular weight is 286 g/mol. The zero-order chi connectivity index (χ0) is 15.1. The summed E-state index contributed by atoms with van der Waals surface area (Å²) in [7, 11) is 2.03. The molecule has 0 amide bonds. The molecule has 4 heteroatoms. The first-order valence-electron chi connectivity index (χ1n) is 7.95. The largest absolute Gasteiger partial charge is 0.311 e. The Bertz CT molecular complexity index is 515. The maximum absolute atomic E-state index is 4.28. The molecular weight excluding hydrogens is 260 g/mol. The molecular formula is C17H26N4. The van der Waals surface area contributed by atoms with Gasteiger partial charge in [-0.15, -0.1) is 5.10 Å². The van der Waals surface area contributed by atoms with E-state index in [0.717, 1.165) is 11.4 Å². The third-order valence-corrected chi connectivity index (χ3v) is 4.00. The van der Waals surface area contributed by atoms with Gasteiger partial charge in [-0.2, -0.15) is 0 Å². The Morgan fingerprint density at radius 2 is 1.76 bits per heavy atom. The molecule has 1 unspecified atom stereocenters. The van der Waals surface area contributed by atoms with Crippen LogP contribution in [0.25, 0.3) is 5.69 Å². The molecule has 0 aliphatic heterocycles. The lowest BCUT2D eigenvalue weighted by Crippen LogP contribution is -2.27. The summed E-state index contributed by atoms with van der Waals surface area (Å²) in [5.41, 5.74) is 2.22. The average Bonchev–Trinajstić information content (AvgIpc) is 2.99. The van der Waals surface area contributed by atoms with Crippen molar-refractivity contribution >= 4 is 0 Å². The first-order valence-corrected chi connectivity index (χ1v) is 7.95. The number of benzene rings is 1. The molecule has 1 aromatic heterocycles. The molecule has 0 aliphatic carbocycles. The number of hydrogen-bond donors (Lipinski definition) is 1. The fourth-order valence-corrected chi connectivity index (χ4v) is 3.07. The predicted molar refractivity (Wildman–Crippen MR) is 86.5 cm³/mol. The Hall–Kier alpha value is -1.68. The molecule has 0 radical (unpaired) electrons. The standard InChI is InChI=1S/C17H26N4/c1-4-9-14(10-5-2)17(18-3)16-13-19-20-21(16)15-11-7-6-8-12-15/h6-8,11-14,17-18H,4-5,9-10H2,1-3H3. The minimum Gasteiger partial charge on any atom is -0.311 e. The van der Waals surface area contributed by atoms with E-state index in [9.17, 15) is 0 Å². The quantitative estimate of drug-likeness (QED) is 0.803. The molecule has 21 heavy (non-hydrogen) atoms. The van der Waals surface area contributed by atoms with Crippen molar-refractivity contribution in [3.05, 3.63) is 42.2 Å². The van der Waals surface area contributed by atoms with Gasteiger partial charge in [0.15, 0.2) is 0 Å². The lowest BCUT2D eigenvalue weighted by molar-refractivity contribution is 0.321. The maximum Gasteiger partial charge on any atom is 0.0817 e. The van der Waals surface area contributed by atoms with Crippen molar-refractivity contribution in [3.63, 3.8) is 0 Å². The smallest absolute Gasteiger partial charge is 0.0817 e. The molecule has 2 rings (SSSR count). The minimum absolute atomic E-state index is 0.292. The van der Waals surface area contributed by atoms with Crippen molar-refractivity contribution in [1.29, 1.82) is 0 Å². The van der Waals surface area contributed by atoms with Crippen molar-refractivity contribution in [2.45, 2.75) is 45.6 Å². The summed E-state index contributed by atoms with van der Waals surface area (Å²) in [6, 6.07) is 10.5. The lowest BCUT2D eigenvalue weighted by atomic mass is 9.88. The van der Waals surface area contributed by atoms with Crippen molar-refractivity contribution in [2.24, 2.45) is 5.92 Å². The van der Waals surface area contributed by atoms with Gasteiger partial charge < -0.3 is 5.32 Å². The number of hydrogen-bond acceptors (Lipinski definition) is 3. The van der Waals surface area contributed by atoms with Gasteiger partial charge in [0.25, 0.3) is 0 Å². The Balaban J connectivity index is 2.32. The molecule has 4 nitrogen and oxygen atoms in total. The van der Waals surface area contributed by atoms with Gasteiger partial charge in [0.1, 0.15) is 0 Å². The van der Waals surface area contributed by atoms with Crippen LogP contribution < -0.4 is 5.32 Å². The van der Waals surface area contributed by atoms with Gasteiger partial charge in [-0.3, -0.25) is 0 Å². The molecule has 1 heterocycles. The second kappa shape index (κ2) is 7.93. The third kappa shape index (κ3) is 3.70. The molecule has 0 aliphatic rings. The Labute approximate surface area is 127 Å². The van der Waals surface area contributed by atoms with E-state index in [-0.39, 0.29) is 0 Å². The van der Waals surface area contributed by atoms with Gasteiger partial charge in [0, 0.05) is 0 Å². The van der Waals surface area contributed by atoms with E-state index >= 15 is 0 Å². The van der Waals surface area contributed by atoms with E-state index in [4.69, 9.17) is 0 Å². The van der Waals surface area contributed by atoms with Gasteiger partial charge in [0.05, 0.1) is 23.6 Å². The maximum atomic E-state index is 4.28. The minimum atomic E-state index is 0.292. The van der Waals surface area contributed by atoms with E-state index in [0.29, 0.717) is 12.0 Å². The summed E-state index contributed by atoms with van der Waals surface area (Å²) >= 11 is 0. The predicted octanol–water partition coefficient (Wildman–Crippen LogP) is 3.74. The van der Waals surface area contributed by atoms with E-state index in [1.54, 1.807) is 0 Å². The van der Waals surface area contributed by atoms with E-state index in [1.165, 1.54) is 25.7 Å². The zero-order valence-electron chi connectivity index (χ0n) is 13.3. The highest BCUT2D eigenvalue weighted by atomic mass is 15.4. The Morgan fingerprint density at radius 1 is 1.10 bits per heavy atom. The Kier molecular flexibility index (Phi) is 5.93. The summed E-state index contributed by atoms with van der Waals surface area (Å²) in [4.78, 5) is 0. The highest BCUT2D eigenvalue weighted by Crippen LogP contribution is 2.30. The Morgan fingerprint density at radius 3 is 2.33 bits per heavy atom. The lowest BCUT2D eigenvalue weighted by Gasteiger charge is -2.26. The third-order valence-electron chi connectivity index (χ3n) is 4.00. The fourth-order valence-electron chi connectivity index (χ4n) is 3.07. The van der Waals surface area contributed by atoms with E-state index in [2.05, 4.69) is 41.6 Å². The van der Waals surface area contributed by atoms with Gasteiger partial charge in [0.2, 0.25) is 0 Å². The summed E-state index contributed by atoms with van der Waals surface area (Å²) in [5.74, 6) is 0.617. The van der Waals surface area contributed by atoms with Crippen molar-refractivity contribution in [1.82, 2.24) is 20.3 Å².